The van der Waals surface area contributed by atoms with Crippen molar-refractivity contribution in [2.45, 2.75) is 12.8 Å². The lowest BCUT2D eigenvalue weighted by molar-refractivity contribution is -0.0989. The van der Waals surface area contributed by atoms with E-state index in [9.17, 15) is 0 Å². The van der Waals surface area contributed by atoms with Crippen LogP contribution in [0, 0.1) is 0 Å². The first-order chi connectivity index (χ1) is 7.27. The Balaban J connectivity index is 2.34. The van der Waals surface area contributed by atoms with E-state index in [1.165, 1.54) is 0 Å². The molecule has 0 amide bonds. The Hall–Kier alpha value is -1.10. The van der Waals surface area contributed by atoms with Crippen molar-refractivity contribution in [1.82, 2.24) is 5.32 Å². The first-order valence-electron chi connectivity index (χ1n) is 4.87. The number of methoxy groups -OCH3 is 2. The zero-order chi connectivity index (χ0) is 11.1. The van der Waals surface area contributed by atoms with Crippen LogP contribution >= 0.6 is 0 Å². The van der Waals surface area contributed by atoms with Gasteiger partial charge in [-0.25, -0.2) is 0 Å². The van der Waals surface area contributed by atoms with E-state index in [4.69, 9.17) is 15.2 Å². The van der Waals surface area contributed by atoms with Crippen LogP contribution in [0.3, 0.4) is 0 Å². The molecule has 84 valence electrons. The Bertz CT molecular complexity index is 288. The minimum atomic E-state index is -0.213. The van der Waals surface area contributed by atoms with Gasteiger partial charge >= 0.3 is 0 Å². The lowest BCUT2D eigenvalue weighted by atomic mass is 10.2. The lowest BCUT2D eigenvalue weighted by Crippen LogP contribution is -2.29. The number of rotatable bonds is 6. The molecular formula is C11H18N2O2. The van der Waals surface area contributed by atoms with Gasteiger partial charge in [-0.05, 0) is 11.6 Å². The third-order valence-electron chi connectivity index (χ3n) is 2.21. The van der Waals surface area contributed by atoms with Crippen LogP contribution in [0.5, 0.6) is 0 Å². The fourth-order valence-electron chi connectivity index (χ4n) is 1.28. The Kier molecular flexibility index (Phi) is 5.10. The molecule has 0 aliphatic carbocycles. The van der Waals surface area contributed by atoms with Gasteiger partial charge in [-0.15, -0.1) is 0 Å². The maximum Gasteiger partial charge on any atom is 0.169 e. The van der Waals surface area contributed by atoms with Crippen molar-refractivity contribution >= 4 is 5.69 Å². The second-order valence-electron chi connectivity index (χ2n) is 3.23. The molecule has 4 heteroatoms. The number of ether oxygens (including phenoxy) is 2. The average Bonchev–Trinajstić information content (AvgIpc) is 2.27. The van der Waals surface area contributed by atoms with Crippen molar-refractivity contribution in [2.75, 3.05) is 26.5 Å². The predicted octanol–water partition coefficient (Wildman–Crippen LogP) is 0.977. The number of benzene rings is 1. The molecule has 1 aromatic rings. The number of nitrogens with two attached hydrogens (primary N) is 1. The summed E-state index contributed by atoms with van der Waals surface area (Å²) in [5.74, 6) is 0. The van der Waals surface area contributed by atoms with Crippen molar-refractivity contribution in [1.29, 1.82) is 0 Å². The molecule has 0 aliphatic heterocycles. The van der Waals surface area contributed by atoms with Gasteiger partial charge in [-0.1, -0.05) is 18.2 Å². The van der Waals surface area contributed by atoms with Gasteiger partial charge in [0, 0.05) is 33.0 Å². The fourth-order valence-corrected chi connectivity index (χ4v) is 1.28. The average molecular weight is 210 g/mol. The van der Waals surface area contributed by atoms with Gasteiger partial charge < -0.3 is 20.5 Å². The summed E-state index contributed by atoms with van der Waals surface area (Å²) >= 11 is 0. The normalized spacial score (nSPS) is 10.9. The van der Waals surface area contributed by atoms with E-state index in [1.807, 2.05) is 24.3 Å². The van der Waals surface area contributed by atoms with Gasteiger partial charge in [-0.2, -0.15) is 0 Å². The summed E-state index contributed by atoms with van der Waals surface area (Å²) in [5.41, 5.74) is 7.69. The van der Waals surface area contributed by atoms with E-state index in [1.54, 1.807) is 14.2 Å². The molecule has 0 saturated carbocycles. The molecule has 0 aliphatic rings. The molecule has 0 bridgehead atoms. The van der Waals surface area contributed by atoms with E-state index in [-0.39, 0.29) is 6.29 Å². The number of nitrogen functional groups attached to an aromatic ring is 1. The van der Waals surface area contributed by atoms with E-state index >= 15 is 0 Å². The largest absolute Gasteiger partial charge is 0.398 e. The summed E-state index contributed by atoms with van der Waals surface area (Å²) in [5, 5.41) is 3.21. The van der Waals surface area contributed by atoms with Crippen molar-refractivity contribution < 1.29 is 9.47 Å². The fraction of sp³-hybridized carbons (Fsp3) is 0.455. The maximum atomic E-state index is 5.80. The molecule has 4 nitrogen and oxygen atoms in total. The molecule has 1 aromatic carbocycles. The van der Waals surface area contributed by atoms with Crippen LogP contribution in [0.1, 0.15) is 5.56 Å². The highest BCUT2D eigenvalue weighted by Crippen LogP contribution is 2.09. The van der Waals surface area contributed by atoms with E-state index in [0.29, 0.717) is 6.54 Å². The van der Waals surface area contributed by atoms with Crippen LogP contribution in [0.15, 0.2) is 24.3 Å². The Morgan fingerprint density at radius 3 is 2.53 bits per heavy atom. The third kappa shape index (κ3) is 3.87. The quantitative estimate of drug-likeness (QED) is 0.543. The predicted molar refractivity (Wildman–Crippen MR) is 60.4 cm³/mol. The smallest absolute Gasteiger partial charge is 0.169 e. The van der Waals surface area contributed by atoms with Gasteiger partial charge in [0.1, 0.15) is 0 Å². The van der Waals surface area contributed by atoms with Gasteiger partial charge in [0.25, 0.3) is 0 Å². The maximum absolute atomic E-state index is 5.80. The van der Waals surface area contributed by atoms with Crippen molar-refractivity contribution in [2.24, 2.45) is 0 Å². The van der Waals surface area contributed by atoms with Crippen molar-refractivity contribution in [3.8, 4) is 0 Å². The minimum absolute atomic E-state index is 0.213. The van der Waals surface area contributed by atoms with Gasteiger partial charge in [-0.3, -0.25) is 0 Å². The van der Waals surface area contributed by atoms with Crippen LogP contribution in [-0.2, 0) is 16.0 Å². The van der Waals surface area contributed by atoms with Crippen LogP contribution < -0.4 is 11.1 Å². The number of hydrogen-bond donors (Lipinski definition) is 2. The number of para-hydroxylation sites is 1. The van der Waals surface area contributed by atoms with Gasteiger partial charge in [0.05, 0.1) is 0 Å². The number of nitrogens with one attached hydrogen (secondary N) is 1. The number of hydrogen-bond acceptors (Lipinski definition) is 4. The van der Waals surface area contributed by atoms with E-state index in [0.717, 1.165) is 17.8 Å². The Morgan fingerprint density at radius 1 is 1.27 bits per heavy atom. The summed E-state index contributed by atoms with van der Waals surface area (Å²) < 4.78 is 10.1. The number of anilines is 1. The SMILES string of the molecule is COC(CNCc1ccccc1N)OC. The molecule has 0 fully saturated rings. The lowest BCUT2D eigenvalue weighted by Gasteiger charge is -2.14. The molecule has 0 heterocycles. The second kappa shape index (κ2) is 6.40. The van der Waals surface area contributed by atoms with Crippen LogP contribution in [0.4, 0.5) is 5.69 Å². The Morgan fingerprint density at radius 2 is 1.93 bits per heavy atom. The molecule has 1 rings (SSSR count). The Labute approximate surface area is 90.4 Å². The zero-order valence-corrected chi connectivity index (χ0v) is 9.19. The van der Waals surface area contributed by atoms with Gasteiger partial charge in [0.15, 0.2) is 6.29 Å². The molecule has 3 N–H and O–H groups in total. The molecule has 0 radical (unpaired) electrons. The first-order valence-corrected chi connectivity index (χ1v) is 4.87. The van der Waals surface area contributed by atoms with E-state index in [2.05, 4.69) is 5.32 Å². The first kappa shape index (κ1) is 12.0. The summed E-state index contributed by atoms with van der Waals surface area (Å²) in [6.45, 7) is 1.36. The molecule has 0 atom stereocenters. The standard InChI is InChI=1S/C11H18N2O2/c1-14-11(15-2)8-13-7-9-5-3-4-6-10(9)12/h3-6,11,13H,7-8,12H2,1-2H3. The van der Waals surface area contributed by atoms with Crippen LogP contribution in [0.2, 0.25) is 0 Å². The monoisotopic (exact) mass is 210 g/mol. The highest BCUT2D eigenvalue weighted by atomic mass is 16.7. The van der Waals surface area contributed by atoms with Crippen molar-refractivity contribution in [3.63, 3.8) is 0 Å². The molecule has 0 saturated heterocycles. The van der Waals surface area contributed by atoms with Crippen LogP contribution in [0.25, 0.3) is 0 Å². The van der Waals surface area contributed by atoms with Crippen molar-refractivity contribution in [3.05, 3.63) is 29.8 Å². The second-order valence-corrected chi connectivity index (χ2v) is 3.23. The van der Waals surface area contributed by atoms with E-state index < -0.39 is 0 Å². The minimum Gasteiger partial charge on any atom is -0.398 e. The molecule has 0 unspecified atom stereocenters. The molecule has 0 spiro atoms. The summed E-state index contributed by atoms with van der Waals surface area (Å²) in [6, 6.07) is 7.78. The molecule has 0 aromatic heterocycles. The highest BCUT2D eigenvalue weighted by molar-refractivity contribution is 5.46. The topological polar surface area (TPSA) is 56.5 Å². The summed E-state index contributed by atoms with van der Waals surface area (Å²) in [7, 11) is 3.24. The molecular weight excluding hydrogens is 192 g/mol. The highest BCUT2D eigenvalue weighted by Gasteiger charge is 2.04. The summed E-state index contributed by atoms with van der Waals surface area (Å²) in [6.07, 6.45) is -0.213. The third-order valence-corrected chi connectivity index (χ3v) is 2.21. The summed E-state index contributed by atoms with van der Waals surface area (Å²) in [4.78, 5) is 0. The molecule has 15 heavy (non-hydrogen) atoms. The van der Waals surface area contributed by atoms with Gasteiger partial charge in [0.2, 0.25) is 0 Å². The zero-order valence-electron chi connectivity index (χ0n) is 9.19. The van der Waals surface area contributed by atoms with Crippen LogP contribution in [-0.4, -0.2) is 27.1 Å².